The van der Waals surface area contributed by atoms with Gasteiger partial charge in [-0.3, -0.25) is 0 Å². The van der Waals surface area contributed by atoms with Gasteiger partial charge >= 0.3 is 0 Å². The first-order valence-corrected chi connectivity index (χ1v) is 6.88. The lowest BCUT2D eigenvalue weighted by molar-refractivity contribution is -0.132. The summed E-state index contributed by atoms with van der Waals surface area (Å²) >= 11 is 0. The van der Waals surface area contributed by atoms with Gasteiger partial charge in [0.15, 0.2) is 0 Å². The second-order valence-electron chi connectivity index (χ2n) is 5.06. The van der Waals surface area contributed by atoms with Gasteiger partial charge in [0.05, 0.1) is 19.8 Å². The fourth-order valence-electron chi connectivity index (χ4n) is 1.71. The molecule has 1 aromatic rings. The van der Waals surface area contributed by atoms with Crippen LogP contribution >= 0.6 is 0 Å². The molecule has 0 amide bonds. The topological polar surface area (TPSA) is 39.7 Å². The van der Waals surface area contributed by atoms with Gasteiger partial charge in [-0.05, 0) is 17.7 Å². The zero-order chi connectivity index (χ0) is 13.5. The minimum Gasteiger partial charge on any atom is -0.491 e. The first-order valence-electron chi connectivity index (χ1n) is 6.88. The summed E-state index contributed by atoms with van der Waals surface area (Å²) in [4.78, 5) is 0. The first-order chi connectivity index (χ1) is 9.24. The minimum atomic E-state index is 0.271. The lowest BCUT2D eigenvalue weighted by atomic mass is 10.2. The van der Waals surface area contributed by atoms with Gasteiger partial charge in [-0.25, -0.2) is 0 Å². The van der Waals surface area contributed by atoms with Crippen molar-refractivity contribution in [3.63, 3.8) is 0 Å². The number of hydrogen-bond acceptors (Lipinski definition) is 4. The summed E-state index contributed by atoms with van der Waals surface area (Å²) in [6, 6.07) is 8.69. The van der Waals surface area contributed by atoms with E-state index in [-0.39, 0.29) is 6.10 Å². The summed E-state index contributed by atoms with van der Waals surface area (Å²) < 4.78 is 16.2. The van der Waals surface area contributed by atoms with Crippen molar-refractivity contribution in [2.45, 2.75) is 32.5 Å². The third-order valence-corrected chi connectivity index (χ3v) is 2.95. The molecule has 0 spiro atoms. The second kappa shape index (κ2) is 7.48. The average Bonchev–Trinajstić information content (AvgIpc) is 2.35. The predicted molar refractivity (Wildman–Crippen MR) is 74.5 cm³/mol. The molecule has 0 bridgehead atoms. The van der Waals surface area contributed by atoms with E-state index in [2.05, 4.69) is 31.3 Å². The van der Waals surface area contributed by atoms with Crippen LogP contribution in [0.15, 0.2) is 24.3 Å². The van der Waals surface area contributed by atoms with E-state index in [0.29, 0.717) is 19.3 Å². The van der Waals surface area contributed by atoms with Gasteiger partial charge in [0.2, 0.25) is 0 Å². The van der Waals surface area contributed by atoms with Gasteiger partial charge in [-0.15, -0.1) is 0 Å². The van der Waals surface area contributed by atoms with Crippen LogP contribution in [-0.4, -0.2) is 38.6 Å². The maximum absolute atomic E-state index is 5.62. The molecule has 1 aliphatic heterocycles. The quantitative estimate of drug-likeness (QED) is 0.730. The summed E-state index contributed by atoms with van der Waals surface area (Å²) in [7, 11) is 0. The Labute approximate surface area is 115 Å². The van der Waals surface area contributed by atoms with E-state index in [1.165, 1.54) is 5.56 Å². The summed E-state index contributed by atoms with van der Waals surface area (Å²) in [6.07, 6.45) is 0.271. The summed E-state index contributed by atoms with van der Waals surface area (Å²) in [5.74, 6) is 0.891. The molecule has 0 aromatic heterocycles. The highest BCUT2D eigenvalue weighted by Crippen LogP contribution is 2.12. The van der Waals surface area contributed by atoms with E-state index < -0.39 is 0 Å². The van der Waals surface area contributed by atoms with Crippen molar-refractivity contribution < 1.29 is 14.2 Å². The standard InChI is InChI=1S/C15H23NO3/c1-12(2)16-9-13-3-5-14(6-4-13)18-7-8-19-15-10-17-11-15/h3-6,12,15-16H,7-11H2,1-2H3. The van der Waals surface area contributed by atoms with Gasteiger partial charge < -0.3 is 19.5 Å². The molecule has 1 fully saturated rings. The zero-order valence-corrected chi connectivity index (χ0v) is 11.7. The Morgan fingerprint density at radius 1 is 1.21 bits per heavy atom. The Morgan fingerprint density at radius 2 is 1.95 bits per heavy atom. The number of nitrogens with one attached hydrogen (secondary N) is 1. The Bertz CT molecular complexity index is 360. The zero-order valence-electron chi connectivity index (χ0n) is 11.7. The molecule has 19 heavy (non-hydrogen) atoms. The van der Waals surface area contributed by atoms with Crippen LogP contribution in [0, 0.1) is 0 Å². The first kappa shape index (κ1) is 14.3. The molecule has 1 N–H and O–H groups in total. The molecule has 1 heterocycles. The maximum atomic E-state index is 5.62. The third kappa shape index (κ3) is 5.19. The van der Waals surface area contributed by atoms with Crippen molar-refractivity contribution in [2.24, 2.45) is 0 Å². The van der Waals surface area contributed by atoms with E-state index in [1.54, 1.807) is 0 Å². The monoisotopic (exact) mass is 265 g/mol. The van der Waals surface area contributed by atoms with Crippen LogP contribution in [0.25, 0.3) is 0 Å². The molecule has 0 atom stereocenters. The molecule has 0 aliphatic carbocycles. The Morgan fingerprint density at radius 3 is 2.53 bits per heavy atom. The third-order valence-electron chi connectivity index (χ3n) is 2.95. The second-order valence-corrected chi connectivity index (χ2v) is 5.06. The van der Waals surface area contributed by atoms with Crippen molar-refractivity contribution in [1.82, 2.24) is 5.32 Å². The smallest absolute Gasteiger partial charge is 0.119 e. The van der Waals surface area contributed by atoms with Gasteiger partial charge in [0.25, 0.3) is 0 Å². The molecule has 4 nitrogen and oxygen atoms in total. The highest BCUT2D eigenvalue weighted by Gasteiger charge is 2.18. The molecular formula is C15H23NO3. The predicted octanol–water partition coefficient (Wildman–Crippen LogP) is 1.98. The number of hydrogen-bond donors (Lipinski definition) is 1. The Hall–Kier alpha value is -1.10. The molecule has 106 valence electrons. The number of rotatable bonds is 8. The molecule has 1 aromatic carbocycles. The molecule has 4 heteroatoms. The van der Waals surface area contributed by atoms with Crippen LogP contribution in [0.1, 0.15) is 19.4 Å². The highest BCUT2D eigenvalue weighted by molar-refractivity contribution is 5.27. The lowest BCUT2D eigenvalue weighted by Crippen LogP contribution is -2.37. The van der Waals surface area contributed by atoms with Crippen LogP contribution < -0.4 is 10.1 Å². The largest absolute Gasteiger partial charge is 0.491 e. The highest BCUT2D eigenvalue weighted by atomic mass is 16.6. The number of benzene rings is 1. The summed E-state index contributed by atoms with van der Waals surface area (Å²) in [5.41, 5.74) is 1.27. The van der Waals surface area contributed by atoms with E-state index in [0.717, 1.165) is 25.5 Å². The lowest BCUT2D eigenvalue weighted by Gasteiger charge is -2.25. The number of ether oxygens (including phenoxy) is 3. The molecule has 2 rings (SSSR count). The van der Waals surface area contributed by atoms with Crippen LogP contribution in [0.4, 0.5) is 0 Å². The van der Waals surface area contributed by atoms with E-state index in [9.17, 15) is 0 Å². The summed E-state index contributed by atoms with van der Waals surface area (Å²) in [5, 5.41) is 3.39. The molecular weight excluding hydrogens is 242 g/mol. The molecule has 1 saturated heterocycles. The van der Waals surface area contributed by atoms with Crippen molar-refractivity contribution in [3.8, 4) is 5.75 Å². The van der Waals surface area contributed by atoms with Gasteiger partial charge in [-0.1, -0.05) is 26.0 Å². The molecule has 1 aliphatic rings. The van der Waals surface area contributed by atoms with Crippen LogP contribution in [0.2, 0.25) is 0 Å². The van der Waals surface area contributed by atoms with Crippen LogP contribution in [0.3, 0.4) is 0 Å². The van der Waals surface area contributed by atoms with Crippen molar-refractivity contribution in [3.05, 3.63) is 29.8 Å². The fourth-order valence-corrected chi connectivity index (χ4v) is 1.71. The molecule has 0 unspecified atom stereocenters. The van der Waals surface area contributed by atoms with Crippen molar-refractivity contribution >= 4 is 0 Å². The SMILES string of the molecule is CC(C)NCc1ccc(OCCOC2COC2)cc1. The average molecular weight is 265 g/mol. The Balaban J connectivity index is 1.63. The van der Waals surface area contributed by atoms with E-state index in [1.807, 2.05) is 12.1 Å². The van der Waals surface area contributed by atoms with E-state index in [4.69, 9.17) is 14.2 Å². The van der Waals surface area contributed by atoms with Gasteiger partial charge in [-0.2, -0.15) is 0 Å². The van der Waals surface area contributed by atoms with Gasteiger partial charge in [0.1, 0.15) is 18.5 Å². The van der Waals surface area contributed by atoms with Crippen LogP contribution in [0.5, 0.6) is 5.75 Å². The van der Waals surface area contributed by atoms with Crippen molar-refractivity contribution in [1.29, 1.82) is 0 Å². The fraction of sp³-hybridized carbons (Fsp3) is 0.600. The van der Waals surface area contributed by atoms with Crippen LogP contribution in [-0.2, 0) is 16.0 Å². The minimum absolute atomic E-state index is 0.271. The molecule has 0 saturated carbocycles. The normalized spacial score (nSPS) is 15.5. The maximum Gasteiger partial charge on any atom is 0.119 e. The van der Waals surface area contributed by atoms with Crippen molar-refractivity contribution in [2.75, 3.05) is 26.4 Å². The van der Waals surface area contributed by atoms with Gasteiger partial charge in [0, 0.05) is 12.6 Å². The molecule has 0 radical (unpaired) electrons. The summed E-state index contributed by atoms with van der Waals surface area (Å²) in [6.45, 7) is 7.82. The van der Waals surface area contributed by atoms with E-state index >= 15 is 0 Å². The Kier molecular flexibility index (Phi) is 5.63.